The molecule has 0 saturated carbocycles. The molecule has 0 saturated heterocycles. The van der Waals surface area contributed by atoms with Crippen LogP contribution in [0.1, 0.15) is 23.0 Å². The Morgan fingerprint density at radius 3 is 2.45 bits per heavy atom. The van der Waals surface area contributed by atoms with E-state index in [0.717, 1.165) is 6.20 Å². The van der Waals surface area contributed by atoms with Gasteiger partial charge in [-0.25, -0.2) is 0 Å². The molecule has 2 aromatic carbocycles. The van der Waals surface area contributed by atoms with Crippen LogP contribution in [-0.2, 0) is 11.2 Å². The van der Waals surface area contributed by atoms with Gasteiger partial charge in [-0.05, 0) is 55.5 Å². The number of carbonyl (C=O) groups is 2. The van der Waals surface area contributed by atoms with E-state index < -0.39 is 12.5 Å². The lowest BCUT2D eigenvalue weighted by Crippen LogP contribution is -2.34. The fourth-order valence-electron chi connectivity index (χ4n) is 2.89. The summed E-state index contributed by atoms with van der Waals surface area (Å²) in [6.45, 7) is -1.59. The van der Waals surface area contributed by atoms with Crippen molar-refractivity contribution in [2.75, 3.05) is 5.32 Å². The number of hydrogen-bond donors (Lipinski definition) is 1. The van der Waals surface area contributed by atoms with E-state index in [4.69, 9.17) is 11.6 Å². The summed E-state index contributed by atoms with van der Waals surface area (Å²) in [6, 6.07) is 13.4. The Kier molecular flexibility index (Phi) is 6.81. The van der Waals surface area contributed by atoms with Crippen LogP contribution in [0.2, 0.25) is 5.02 Å². The highest BCUT2D eigenvalue weighted by molar-refractivity contribution is 6.31. The fourth-order valence-corrected chi connectivity index (χ4v) is 3.06. The average molecular weight is 447 g/mol. The second-order valence-corrected chi connectivity index (χ2v) is 7.05. The second kappa shape index (κ2) is 9.53. The van der Waals surface area contributed by atoms with Crippen molar-refractivity contribution < 1.29 is 27.8 Å². The van der Waals surface area contributed by atoms with Gasteiger partial charge in [0.25, 0.3) is 0 Å². The minimum absolute atomic E-state index is 0.0906. The number of amides is 1. The molecule has 160 valence electrons. The molecule has 1 heterocycles. The van der Waals surface area contributed by atoms with Gasteiger partial charge in [-0.1, -0.05) is 11.6 Å². The smallest absolute Gasteiger partial charge is 0.387 e. The van der Waals surface area contributed by atoms with Crippen molar-refractivity contribution in [3.05, 3.63) is 82.3 Å². The van der Waals surface area contributed by atoms with E-state index in [-0.39, 0.29) is 34.2 Å². The number of ketones is 1. The second-order valence-electron chi connectivity index (χ2n) is 6.61. The molecule has 0 unspecified atom stereocenters. The van der Waals surface area contributed by atoms with Crippen molar-refractivity contribution in [1.82, 2.24) is 0 Å². The molecule has 1 amide bonds. The molecule has 0 bridgehead atoms. The van der Waals surface area contributed by atoms with Crippen LogP contribution < -0.4 is 14.8 Å². The van der Waals surface area contributed by atoms with Crippen LogP contribution in [0, 0.1) is 5.21 Å². The van der Waals surface area contributed by atoms with Crippen molar-refractivity contribution in [1.29, 1.82) is 0 Å². The lowest BCUT2D eigenvalue weighted by Gasteiger charge is -2.12. The molecular weight excluding hydrogens is 430 g/mol. The van der Waals surface area contributed by atoms with Crippen molar-refractivity contribution in [2.24, 2.45) is 0 Å². The van der Waals surface area contributed by atoms with Crippen molar-refractivity contribution in [3.63, 3.8) is 0 Å². The van der Waals surface area contributed by atoms with Crippen LogP contribution in [-0.4, -0.2) is 18.3 Å². The first-order valence-electron chi connectivity index (χ1n) is 9.10. The lowest BCUT2D eigenvalue weighted by molar-refractivity contribution is -0.612. The van der Waals surface area contributed by atoms with Gasteiger partial charge in [0, 0.05) is 27.9 Å². The molecule has 6 nitrogen and oxygen atoms in total. The van der Waals surface area contributed by atoms with Gasteiger partial charge < -0.3 is 15.3 Å². The number of rotatable bonds is 7. The SMILES string of the molecule is CC(=O)c1ccc(NC(=O)Cc2ccc(-c3cc(Cl)ccc3OC(F)F)c[n+]2[O-])cc1. The third-order valence-electron chi connectivity index (χ3n) is 4.38. The summed E-state index contributed by atoms with van der Waals surface area (Å²) in [5, 5.41) is 15.3. The summed E-state index contributed by atoms with van der Waals surface area (Å²) in [7, 11) is 0. The Balaban J connectivity index is 1.76. The summed E-state index contributed by atoms with van der Waals surface area (Å²) in [6.07, 6.45) is 0.947. The predicted molar refractivity (Wildman–Crippen MR) is 111 cm³/mol. The highest BCUT2D eigenvalue weighted by Crippen LogP contribution is 2.33. The molecule has 0 atom stereocenters. The van der Waals surface area contributed by atoms with Gasteiger partial charge in [0.15, 0.2) is 12.0 Å². The third-order valence-corrected chi connectivity index (χ3v) is 4.62. The Labute approximate surface area is 181 Å². The molecule has 0 fully saturated rings. The Hall–Kier alpha value is -3.52. The zero-order chi connectivity index (χ0) is 22.5. The van der Waals surface area contributed by atoms with Gasteiger partial charge in [0.1, 0.15) is 12.2 Å². The summed E-state index contributed by atoms with van der Waals surface area (Å²) in [4.78, 5) is 23.6. The first-order chi connectivity index (χ1) is 14.7. The lowest BCUT2D eigenvalue weighted by atomic mass is 10.1. The monoisotopic (exact) mass is 446 g/mol. The quantitative estimate of drug-likeness (QED) is 0.326. The number of nitrogens with one attached hydrogen (secondary N) is 1. The molecule has 9 heteroatoms. The number of pyridine rings is 1. The molecule has 1 aromatic heterocycles. The molecule has 0 aliphatic heterocycles. The number of benzene rings is 2. The predicted octanol–water partition coefficient (Wildman–Crippen LogP) is 4.63. The number of carbonyl (C=O) groups excluding carboxylic acids is 2. The molecule has 0 radical (unpaired) electrons. The highest BCUT2D eigenvalue weighted by atomic mass is 35.5. The van der Waals surface area contributed by atoms with E-state index in [1.807, 2.05) is 0 Å². The number of anilines is 1. The van der Waals surface area contributed by atoms with E-state index in [1.54, 1.807) is 24.3 Å². The van der Waals surface area contributed by atoms with Crippen LogP contribution in [0.25, 0.3) is 11.1 Å². The number of halogens is 3. The summed E-state index contributed by atoms with van der Waals surface area (Å²) in [5.74, 6) is -0.650. The number of aromatic nitrogens is 1. The Morgan fingerprint density at radius 2 is 1.84 bits per heavy atom. The van der Waals surface area contributed by atoms with Crippen LogP contribution in [0.3, 0.4) is 0 Å². The number of alkyl halides is 2. The van der Waals surface area contributed by atoms with Crippen LogP contribution >= 0.6 is 11.6 Å². The molecule has 3 rings (SSSR count). The standard InChI is InChI=1S/C22H17ClF2N2O4/c1-13(28)14-2-6-17(7-3-14)26-21(29)11-18-8-4-15(12-27(18)30)19-10-16(23)5-9-20(19)31-22(24)25/h2-10,12,22H,11H2,1H3,(H,26,29). The minimum Gasteiger partial charge on any atom is -0.618 e. The molecule has 31 heavy (non-hydrogen) atoms. The largest absolute Gasteiger partial charge is 0.618 e. The van der Waals surface area contributed by atoms with Gasteiger partial charge in [0.05, 0.1) is 5.56 Å². The average Bonchev–Trinajstić information content (AvgIpc) is 2.71. The topological polar surface area (TPSA) is 82.3 Å². The first-order valence-corrected chi connectivity index (χ1v) is 9.48. The fraction of sp³-hybridized carbons (Fsp3) is 0.136. The van der Waals surface area contributed by atoms with E-state index in [2.05, 4.69) is 10.1 Å². The van der Waals surface area contributed by atoms with Gasteiger partial charge in [-0.3, -0.25) is 9.59 Å². The van der Waals surface area contributed by atoms with Gasteiger partial charge >= 0.3 is 6.61 Å². The maximum absolute atomic E-state index is 12.7. The van der Waals surface area contributed by atoms with E-state index in [9.17, 15) is 23.6 Å². The normalized spacial score (nSPS) is 10.7. The molecule has 3 aromatic rings. The molecule has 0 aliphatic rings. The van der Waals surface area contributed by atoms with Crippen molar-refractivity contribution in [2.45, 2.75) is 20.0 Å². The third kappa shape index (κ3) is 5.76. The highest BCUT2D eigenvalue weighted by Gasteiger charge is 2.17. The molecule has 1 N–H and O–H groups in total. The van der Waals surface area contributed by atoms with Gasteiger partial charge in [-0.2, -0.15) is 13.5 Å². The first kappa shape index (κ1) is 22.2. The maximum Gasteiger partial charge on any atom is 0.387 e. The van der Waals surface area contributed by atoms with E-state index >= 15 is 0 Å². The van der Waals surface area contributed by atoms with Crippen LogP contribution in [0.5, 0.6) is 5.75 Å². The van der Waals surface area contributed by atoms with Crippen LogP contribution in [0.4, 0.5) is 14.5 Å². The van der Waals surface area contributed by atoms with E-state index in [0.29, 0.717) is 21.5 Å². The molecule has 0 spiro atoms. The van der Waals surface area contributed by atoms with Gasteiger partial charge in [0.2, 0.25) is 11.6 Å². The Bertz CT molecular complexity index is 1120. The van der Waals surface area contributed by atoms with E-state index in [1.165, 1.54) is 37.3 Å². The number of Topliss-reactive ketones (excluding diaryl/α,β-unsaturated/α-hetero) is 1. The summed E-state index contributed by atoms with van der Waals surface area (Å²) in [5.41, 5.74) is 1.68. The number of nitrogens with zero attached hydrogens (tertiary/aromatic N) is 1. The zero-order valence-electron chi connectivity index (χ0n) is 16.3. The van der Waals surface area contributed by atoms with Crippen LogP contribution in [0.15, 0.2) is 60.8 Å². The summed E-state index contributed by atoms with van der Waals surface area (Å²) < 4.78 is 30.3. The maximum atomic E-state index is 12.7. The number of hydrogen-bond acceptors (Lipinski definition) is 4. The summed E-state index contributed by atoms with van der Waals surface area (Å²) >= 11 is 5.95. The zero-order valence-corrected chi connectivity index (χ0v) is 17.0. The van der Waals surface area contributed by atoms with Crippen molar-refractivity contribution in [3.8, 4) is 16.9 Å². The molecular formula is C22H17ClF2N2O4. The van der Waals surface area contributed by atoms with Crippen molar-refractivity contribution >= 4 is 29.0 Å². The van der Waals surface area contributed by atoms with Gasteiger partial charge in [-0.15, -0.1) is 0 Å². The minimum atomic E-state index is -3.04. The Morgan fingerprint density at radius 1 is 1.13 bits per heavy atom. The molecule has 0 aliphatic carbocycles. The number of ether oxygens (including phenoxy) is 1.